The summed E-state index contributed by atoms with van der Waals surface area (Å²) in [4.78, 5) is 8.23. The molecular weight excluding hydrogens is 330 g/mol. The van der Waals surface area contributed by atoms with Crippen molar-refractivity contribution in [2.24, 2.45) is 4.99 Å². The van der Waals surface area contributed by atoms with Crippen molar-refractivity contribution in [2.75, 3.05) is 0 Å². The van der Waals surface area contributed by atoms with Gasteiger partial charge in [-0.25, -0.2) is 0 Å². The van der Waals surface area contributed by atoms with E-state index in [1.54, 1.807) is 0 Å². The molecule has 0 fully saturated rings. The van der Waals surface area contributed by atoms with Gasteiger partial charge in [0, 0.05) is 28.8 Å². The number of nitrogens with zero attached hydrogens (tertiary/aromatic N) is 2. The normalized spacial score (nSPS) is 11.7. The van der Waals surface area contributed by atoms with Gasteiger partial charge in [0.1, 0.15) is 6.04 Å². The predicted molar refractivity (Wildman–Crippen MR) is 110 cm³/mol. The van der Waals surface area contributed by atoms with Crippen LogP contribution in [0.3, 0.4) is 0 Å². The number of fused-ring (bicyclic) bond motifs is 1. The first-order chi connectivity index (χ1) is 13.3. The third-order valence-corrected chi connectivity index (χ3v) is 4.53. The van der Waals surface area contributed by atoms with E-state index in [-0.39, 0.29) is 0 Å². The summed E-state index contributed by atoms with van der Waals surface area (Å²) >= 11 is 0. The van der Waals surface area contributed by atoms with Gasteiger partial charge in [-0.15, -0.1) is 0 Å². The van der Waals surface area contributed by atoms with Crippen LogP contribution in [0.15, 0.2) is 96.0 Å². The van der Waals surface area contributed by atoms with Crippen LogP contribution in [0.2, 0.25) is 0 Å². The molecule has 130 valence electrons. The average Bonchev–Trinajstić information content (AvgIpc) is 3.14. The highest BCUT2D eigenvalue weighted by atomic mass is 14.8. The SMILES string of the molecule is N#CC(Cc1cc2ccccc2[nH]1)N=C(c1ccccc1)c1ccccc1. The first-order valence-electron chi connectivity index (χ1n) is 8.98. The molecule has 1 N–H and O–H groups in total. The summed E-state index contributed by atoms with van der Waals surface area (Å²) in [5, 5.41) is 10.9. The van der Waals surface area contributed by atoms with E-state index in [9.17, 15) is 5.26 Å². The Hall–Kier alpha value is -3.64. The Morgan fingerprint density at radius 2 is 1.44 bits per heavy atom. The first-order valence-corrected chi connectivity index (χ1v) is 8.98. The molecule has 0 aliphatic carbocycles. The number of aromatic amines is 1. The zero-order valence-corrected chi connectivity index (χ0v) is 14.8. The molecule has 3 nitrogen and oxygen atoms in total. The third kappa shape index (κ3) is 3.80. The average molecular weight is 349 g/mol. The van der Waals surface area contributed by atoms with Crippen LogP contribution in [0, 0.1) is 11.3 Å². The second-order valence-electron chi connectivity index (χ2n) is 6.44. The fraction of sp³-hybridized carbons (Fsp3) is 0.0833. The van der Waals surface area contributed by atoms with Gasteiger partial charge in [-0.3, -0.25) is 4.99 Å². The molecule has 3 aromatic carbocycles. The van der Waals surface area contributed by atoms with Gasteiger partial charge in [0.15, 0.2) is 0 Å². The number of para-hydroxylation sites is 1. The highest BCUT2D eigenvalue weighted by Gasteiger charge is 2.13. The molecule has 0 amide bonds. The first kappa shape index (κ1) is 16.8. The fourth-order valence-corrected chi connectivity index (χ4v) is 3.24. The zero-order chi connectivity index (χ0) is 18.5. The van der Waals surface area contributed by atoms with Crippen molar-refractivity contribution < 1.29 is 0 Å². The standard InChI is InChI=1S/C24H19N3/c25-17-22(16-21-15-20-13-7-8-14-23(20)26-21)27-24(18-9-3-1-4-10-18)19-11-5-2-6-12-19/h1-15,22,26H,16H2. The minimum absolute atomic E-state index is 0.464. The van der Waals surface area contributed by atoms with E-state index >= 15 is 0 Å². The van der Waals surface area contributed by atoms with Crippen molar-refractivity contribution in [3.8, 4) is 6.07 Å². The number of nitrogens with one attached hydrogen (secondary N) is 1. The lowest BCUT2D eigenvalue weighted by Gasteiger charge is -2.10. The number of aliphatic imine (C=N–C) groups is 1. The second kappa shape index (κ2) is 7.72. The van der Waals surface area contributed by atoms with E-state index in [1.807, 2.05) is 78.9 Å². The van der Waals surface area contributed by atoms with Crippen molar-refractivity contribution >= 4 is 16.6 Å². The number of H-pyrrole nitrogens is 1. The highest BCUT2D eigenvalue weighted by Crippen LogP contribution is 2.18. The maximum Gasteiger partial charge on any atom is 0.142 e. The highest BCUT2D eigenvalue weighted by molar-refractivity contribution is 6.13. The smallest absolute Gasteiger partial charge is 0.142 e. The Balaban J connectivity index is 1.70. The minimum Gasteiger partial charge on any atom is -0.358 e. The summed E-state index contributed by atoms with van der Waals surface area (Å²) in [6.45, 7) is 0. The molecule has 1 heterocycles. The molecule has 1 aromatic heterocycles. The van der Waals surface area contributed by atoms with E-state index in [2.05, 4.69) is 23.2 Å². The van der Waals surface area contributed by atoms with Crippen LogP contribution < -0.4 is 0 Å². The summed E-state index contributed by atoms with van der Waals surface area (Å²) in [7, 11) is 0. The van der Waals surface area contributed by atoms with Crippen LogP contribution in [0.4, 0.5) is 0 Å². The van der Waals surface area contributed by atoms with Crippen molar-refractivity contribution in [1.29, 1.82) is 5.26 Å². The van der Waals surface area contributed by atoms with Gasteiger partial charge in [-0.2, -0.15) is 5.26 Å². The number of rotatable bonds is 5. The van der Waals surface area contributed by atoms with Crippen LogP contribution in [0.1, 0.15) is 16.8 Å². The minimum atomic E-state index is -0.464. The van der Waals surface area contributed by atoms with Gasteiger partial charge in [0.2, 0.25) is 0 Å². The van der Waals surface area contributed by atoms with Gasteiger partial charge in [0.25, 0.3) is 0 Å². The predicted octanol–water partition coefficient (Wildman–Crippen LogP) is 5.14. The molecule has 1 atom stereocenters. The van der Waals surface area contributed by atoms with Gasteiger partial charge in [-0.1, -0.05) is 78.9 Å². The topological polar surface area (TPSA) is 51.9 Å². The van der Waals surface area contributed by atoms with Crippen LogP contribution in [0.25, 0.3) is 10.9 Å². The van der Waals surface area contributed by atoms with Crippen LogP contribution in [0.5, 0.6) is 0 Å². The van der Waals surface area contributed by atoms with E-state index in [0.717, 1.165) is 33.4 Å². The Morgan fingerprint density at radius 3 is 2.04 bits per heavy atom. The summed E-state index contributed by atoms with van der Waals surface area (Å²) in [5.74, 6) is 0. The van der Waals surface area contributed by atoms with Gasteiger partial charge < -0.3 is 4.98 Å². The summed E-state index contributed by atoms with van der Waals surface area (Å²) in [5.41, 5.74) is 4.98. The number of benzene rings is 3. The Morgan fingerprint density at radius 1 is 0.852 bits per heavy atom. The second-order valence-corrected chi connectivity index (χ2v) is 6.44. The van der Waals surface area contributed by atoms with Crippen molar-refractivity contribution in [3.05, 3.63) is 108 Å². The number of aromatic nitrogens is 1. The molecule has 1 unspecified atom stereocenters. The maximum atomic E-state index is 9.73. The number of hydrogen-bond donors (Lipinski definition) is 1. The molecule has 0 aliphatic heterocycles. The van der Waals surface area contributed by atoms with Gasteiger partial charge >= 0.3 is 0 Å². The number of nitriles is 1. The molecule has 27 heavy (non-hydrogen) atoms. The lowest BCUT2D eigenvalue weighted by atomic mass is 10.0. The van der Waals surface area contributed by atoms with E-state index < -0.39 is 6.04 Å². The monoisotopic (exact) mass is 349 g/mol. The van der Waals surface area contributed by atoms with Crippen LogP contribution >= 0.6 is 0 Å². The molecule has 0 aliphatic rings. The van der Waals surface area contributed by atoms with Crippen LogP contribution in [-0.4, -0.2) is 16.7 Å². The molecule has 0 spiro atoms. The molecule has 4 rings (SSSR count). The van der Waals surface area contributed by atoms with Gasteiger partial charge in [-0.05, 0) is 17.5 Å². The van der Waals surface area contributed by atoms with E-state index in [1.165, 1.54) is 0 Å². The van der Waals surface area contributed by atoms with Crippen molar-refractivity contribution in [3.63, 3.8) is 0 Å². The Bertz CT molecular complexity index is 1030. The molecule has 0 bridgehead atoms. The molecule has 0 saturated heterocycles. The molecular formula is C24H19N3. The Labute approximate surface area is 158 Å². The van der Waals surface area contributed by atoms with Crippen molar-refractivity contribution in [1.82, 2.24) is 4.98 Å². The van der Waals surface area contributed by atoms with Gasteiger partial charge in [0.05, 0.1) is 11.8 Å². The summed E-state index contributed by atoms with van der Waals surface area (Å²) < 4.78 is 0. The lowest BCUT2D eigenvalue weighted by molar-refractivity contribution is 0.809. The maximum absolute atomic E-state index is 9.73. The quantitative estimate of drug-likeness (QED) is 0.498. The summed E-state index contributed by atoms with van der Waals surface area (Å²) in [6.07, 6.45) is 0.550. The molecule has 0 radical (unpaired) electrons. The fourth-order valence-electron chi connectivity index (χ4n) is 3.24. The van der Waals surface area contributed by atoms with Crippen molar-refractivity contribution in [2.45, 2.75) is 12.5 Å². The molecule has 0 saturated carbocycles. The van der Waals surface area contributed by atoms with E-state index in [0.29, 0.717) is 6.42 Å². The zero-order valence-electron chi connectivity index (χ0n) is 14.8. The third-order valence-electron chi connectivity index (χ3n) is 4.53. The van der Waals surface area contributed by atoms with Crippen LogP contribution in [-0.2, 0) is 6.42 Å². The summed E-state index contributed by atoms with van der Waals surface area (Å²) in [6, 6.07) is 32.2. The number of hydrogen-bond acceptors (Lipinski definition) is 2. The Kier molecular flexibility index (Phi) is 4.80. The van der Waals surface area contributed by atoms with E-state index in [4.69, 9.17) is 4.99 Å². The lowest BCUT2D eigenvalue weighted by Crippen LogP contribution is -2.12. The molecule has 3 heteroatoms. The largest absolute Gasteiger partial charge is 0.358 e. The molecule has 4 aromatic rings.